The van der Waals surface area contributed by atoms with Gasteiger partial charge in [0.1, 0.15) is 0 Å². The third kappa shape index (κ3) is 3.40. The van der Waals surface area contributed by atoms with Crippen LogP contribution in [-0.4, -0.2) is 9.97 Å². The van der Waals surface area contributed by atoms with Gasteiger partial charge in [0.2, 0.25) is 0 Å². The van der Waals surface area contributed by atoms with Gasteiger partial charge in [-0.05, 0) is 35.6 Å². The molecule has 0 saturated carbocycles. The number of aromatic nitrogens is 2. The number of benzene rings is 2. The standard InChI is InChI=1S/C20H20N2/c1-2-3-5-16-6-8-17(9-7-16)18-10-12-19(13-11-18)20-21-14-4-15-22-20/h4,6-15H,2-3,5H2,1H3. The first-order valence-corrected chi connectivity index (χ1v) is 7.83. The summed E-state index contributed by atoms with van der Waals surface area (Å²) in [5.74, 6) is 0.768. The SMILES string of the molecule is CCCCc1ccc(-c2ccc(-c3ncccn3)cc2)cc1. The van der Waals surface area contributed by atoms with E-state index in [9.17, 15) is 0 Å². The van der Waals surface area contributed by atoms with E-state index in [1.165, 1.54) is 36.0 Å². The molecule has 2 heteroatoms. The lowest BCUT2D eigenvalue weighted by Gasteiger charge is -2.05. The molecular formula is C20H20N2. The van der Waals surface area contributed by atoms with E-state index in [2.05, 4.69) is 65.4 Å². The molecule has 0 N–H and O–H groups in total. The summed E-state index contributed by atoms with van der Waals surface area (Å²) in [7, 11) is 0. The van der Waals surface area contributed by atoms with Crippen LogP contribution in [0.2, 0.25) is 0 Å². The Labute approximate surface area is 131 Å². The van der Waals surface area contributed by atoms with Crippen molar-refractivity contribution in [1.29, 1.82) is 0 Å². The monoisotopic (exact) mass is 288 g/mol. The Balaban J connectivity index is 1.78. The highest BCUT2D eigenvalue weighted by Crippen LogP contribution is 2.23. The van der Waals surface area contributed by atoms with Crippen LogP contribution < -0.4 is 0 Å². The topological polar surface area (TPSA) is 25.8 Å². The minimum Gasteiger partial charge on any atom is -0.237 e. The Morgan fingerprint density at radius 2 is 1.27 bits per heavy atom. The van der Waals surface area contributed by atoms with Gasteiger partial charge in [-0.2, -0.15) is 0 Å². The second-order valence-corrected chi connectivity index (χ2v) is 5.45. The smallest absolute Gasteiger partial charge is 0.159 e. The Morgan fingerprint density at radius 1 is 0.727 bits per heavy atom. The van der Waals surface area contributed by atoms with Crippen LogP contribution in [0.3, 0.4) is 0 Å². The highest BCUT2D eigenvalue weighted by atomic mass is 14.8. The number of hydrogen-bond acceptors (Lipinski definition) is 2. The Hall–Kier alpha value is -2.48. The van der Waals surface area contributed by atoms with Crippen molar-refractivity contribution >= 4 is 0 Å². The molecule has 3 rings (SSSR count). The molecule has 0 unspecified atom stereocenters. The van der Waals surface area contributed by atoms with Crippen LogP contribution in [0.1, 0.15) is 25.3 Å². The van der Waals surface area contributed by atoms with Crippen LogP contribution in [0.15, 0.2) is 67.0 Å². The number of nitrogens with zero attached hydrogens (tertiary/aromatic N) is 2. The summed E-state index contributed by atoms with van der Waals surface area (Å²) in [6, 6.07) is 19.1. The second kappa shape index (κ2) is 6.99. The van der Waals surface area contributed by atoms with Gasteiger partial charge in [0, 0.05) is 18.0 Å². The van der Waals surface area contributed by atoms with Crippen molar-refractivity contribution in [3.63, 3.8) is 0 Å². The van der Waals surface area contributed by atoms with E-state index >= 15 is 0 Å². The van der Waals surface area contributed by atoms with Crippen molar-refractivity contribution in [2.45, 2.75) is 26.2 Å². The maximum absolute atomic E-state index is 4.28. The number of aryl methyl sites for hydroxylation is 1. The fourth-order valence-electron chi connectivity index (χ4n) is 2.50. The van der Waals surface area contributed by atoms with Crippen LogP contribution in [0, 0.1) is 0 Å². The highest BCUT2D eigenvalue weighted by Gasteiger charge is 2.02. The summed E-state index contributed by atoms with van der Waals surface area (Å²) in [6.45, 7) is 2.23. The van der Waals surface area contributed by atoms with Crippen molar-refractivity contribution in [3.8, 4) is 22.5 Å². The quantitative estimate of drug-likeness (QED) is 0.648. The van der Waals surface area contributed by atoms with E-state index in [1.807, 2.05) is 6.07 Å². The van der Waals surface area contributed by atoms with Crippen LogP contribution in [0.25, 0.3) is 22.5 Å². The number of rotatable bonds is 5. The van der Waals surface area contributed by atoms with E-state index in [0.717, 1.165) is 11.4 Å². The predicted molar refractivity (Wildman–Crippen MR) is 91.5 cm³/mol. The maximum Gasteiger partial charge on any atom is 0.159 e. The predicted octanol–water partition coefficient (Wildman–Crippen LogP) is 5.15. The van der Waals surface area contributed by atoms with Crippen molar-refractivity contribution in [1.82, 2.24) is 9.97 Å². The second-order valence-electron chi connectivity index (χ2n) is 5.45. The molecule has 0 fully saturated rings. The lowest BCUT2D eigenvalue weighted by molar-refractivity contribution is 0.795. The summed E-state index contributed by atoms with van der Waals surface area (Å²) in [5.41, 5.74) is 4.94. The largest absolute Gasteiger partial charge is 0.237 e. The molecule has 0 radical (unpaired) electrons. The molecule has 0 aliphatic carbocycles. The number of hydrogen-bond donors (Lipinski definition) is 0. The molecule has 0 bridgehead atoms. The minimum atomic E-state index is 0.768. The fourth-order valence-corrected chi connectivity index (χ4v) is 2.50. The van der Waals surface area contributed by atoms with Gasteiger partial charge in [0.15, 0.2) is 5.82 Å². The molecule has 1 heterocycles. The van der Waals surface area contributed by atoms with Gasteiger partial charge in [-0.3, -0.25) is 0 Å². The van der Waals surface area contributed by atoms with E-state index in [-0.39, 0.29) is 0 Å². The first kappa shape index (κ1) is 14.5. The summed E-state index contributed by atoms with van der Waals surface area (Å²) in [5, 5.41) is 0. The third-order valence-corrected chi connectivity index (χ3v) is 3.82. The molecule has 110 valence electrons. The first-order chi connectivity index (χ1) is 10.9. The van der Waals surface area contributed by atoms with Gasteiger partial charge < -0.3 is 0 Å². The molecule has 2 nitrogen and oxygen atoms in total. The van der Waals surface area contributed by atoms with Gasteiger partial charge in [-0.1, -0.05) is 61.9 Å². The van der Waals surface area contributed by atoms with Gasteiger partial charge in [0.25, 0.3) is 0 Å². The Kier molecular flexibility index (Phi) is 4.59. The molecule has 0 atom stereocenters. The molecule has 2 aromatic carbocycles. The minimum absolute atomic E-state index is 0.768. The molecule has 0 amide bonds. The normalized spacial score (nSPS) is 10.6. The molecule has 0 aliphatic rings. The van der Waals surface area contributed by atoms with Crippen molar-refractivity contribution in [3.05, 3.63) is 72.6 Å². The Morgan fingerprint density at radius 3 is 1.86 bits per heavy atom. The van der Waals surface area contributed by atoms with E-state index in [1.54, 1.807) is 12.4 Å². The maximum atomic E-state index is 4.28. The summed E-state index contributed by atoms with van der Waals surface area (Å²) >= 11 is 0. The van der Waals surface area contributed by atoms with E-state index < -0.39 is 0 Å². The lowest BCUT2D eigenvalue weighted by Crippen LogP contribution is -1.87. The molecule has 0 aliphatic heterocycles. The van der Waals surface area contributed by atoms with Gasteiger partial charge in [-0.25, -0.2) is 9.97 Å². The first-order valence-electron chi connectivity index (χ1n) is 7.83. The zero-order valence-corrected chi connectivity index (χ0v) is 12.9. The number of unbranched alkanes of at least 4 members (excludes halogenated alkanes) is 1. The van der Waals surface area contributed by atoms with Crippen LogP contribution in [-0.2, 0) is 6.42 Å². The van der Waals surface area contributed by atoms with Crippen molar-refractivity contribution in [2.24, 2.45) is 0 Å². The Bertz CT molecular complexity index is 701. The zero-order valence-electron chi connectivity index (χ0n) is 12.9. The fraction of sp³-hybridized carbons (Fsp3) is 0.200. The van der Waals surface area contributed by atoms with E-state index in [0.29, 0.717) is 0 Å². The third-order valence-electron chi connectivity index (χ3n) is 3.82. The van der Waals surface area contributed by atoms with Gasteiger partial charge in [0.05, 0.1) is 0 Å². The molecule has 0 spiro atoms. The zero-order chi connectivity index (χ0) is 15.2. The summed E-state index contributed by atoms with van der Waals surface area (Å²) in [6.07, 6.45) is 7.20. The lowest BCUT2D eigenvalue weighted by atomic mass is 10.0. The average molecular weight is 288 g/mol. The summed E-state index contributed by atoms with van der Waals surface area (Å²) < 4.78 is 0. The molecular weight excluding hydrogens is 268 g/mol. The van der Waals surface area contributed by atoms with Crippen molar-refractivity contribution in [2.75, 3.05) is 0 Å². The molecule has 1 aromatic heterocycles. The molecule has 3 aromatic rings. The molecule has 22 heavy (non-hydrogen) atoms. The van der Waals surface area contributed by atoms with Crippen molar-refractivity contribution < 1.29 is 0 Å². The van der Waals surface area contributed by atoms with Gasteiger partial charge >= 0.3 is 0 Å². The van der Waals surface area contributed by atoms with Crippen LogP contribution in [0.5, 0.6) is 0 Å². The molecule has 0 saturated heterocycles. The summed E-state index contributed by atoms with van der Waals surface area (Å²) in [4.78, 5) is 8.56. The van der Waals surface area contributed by atoms with Crippen LogP contribution in [0.4, 0.5) is 0 Å². The van der Waals surface area contributed by atoms with Crippen LogP contribution >= 0.6 is 0 Å². The highest BCUT2D eigenvalue weighted by molar-refractivity contribution is 5.67. The average Bonchev–Trinajstić information content (AvgIpc) is 2.61. The van der Waals surface area contributed by atoms with Gasteiger partial charge in [-0.15, -0.1) is 0 Å². The van der Waals surface area contributed by atoms with E-state index in [4.69, 9.17) is 0 Å².